The van der Waals surface area contributed by atoms with Crippen LogP contribution in [0.3, 0.4) is 0 Å². The van der Waals surface area contributed by atoms with Crippen molar-refractivity contribution in [1.82, 2.24) is 0 Å². The predicted octanol–water partition coefficient (Wildman–Crippen LogP) is 6.86. The third-order valence-corrected chi connectivity index (χ3v) is 5.29. The van der Waals surface area contributed by atoms with Crippen molar-refractivity contribution in [3.63, 3.8) is 0 Å². The van der Waals surface area contributed by atoms with Gasteiger partial charge in [0.25, 0.3) is 0 Å². The predicted molar refractivity (Wildman–Crippen MR) is 95.6 cm³/mol. The highest BCUT2D eigenvalue weighted by molar-refractivity contribution is 5.31. The van der Waals surface area contributed by atoms with Gasteiger partial charge in [-0.2, -0.15) is 0 Å². The minimum Gasteiger partial charge on any atom is -0.491 e. The second-order valence-corrected chi connectivity index (χ2v) is 7.04. The Bertz CT molecular complexity index is 449. The number of halogens is 1. The first-order chi connectivity index (χ1) is 11.2. The van der Waals surface area contributed by atoms with Gasteiger partial charge in [-0.15, -0.1) is 0 Å². The number of ether oxygens (including phenoxy) is 1. The maximum absolute atomic E-state index is 14.0. The van der Waals surface area contributed by atoms with Gasteiger partial charge < -0.3 is 4.74 Å². The van der Waals surface area contributed by atoms with Crippen LogP contribution in [0.4, 0.5) is 4.39 Å². The lowest BCUT2D eigenvalue weighted by atomic mass is 9.77. The highest BCUT2D eigenvalue weighted by atomic mass is 19.1. The van der Waals surface area contributed by atoms with Crippen molar-refractivity contribution in [1.29, 1.82) is 0 Å². The zero-order valence-corrected chi connectivity index (χ0v) is 15.0. The van der Waals surface area contributed by atoms with Crippen molar-refractivity contribution in [3.8, 4) is 5.75 Å². The van der Waals surface area contributed by atoms with Gasteiger partial charge in [-0.05, 0) is 62.1 Å². The highest BCUT2D eigenvalue weighted by Crippen LogP contribution is 2.38. The lowest BCUT2D eigenvalue weighted by Gasteiger charge is -2.29. The molecule has 2 heteroatoms. The summed E-state index contributed by atoms with van der Waals surface area (Å²) in [5, 5.41) is 0. The van der Waals surface area contributed by atoms with Gasteiger partial charge in [0.15, 0.2) is 11.6 Å². The summed E-state index contributed by atoms with van der Waals surface area (Å²) in [6, 6.07) is 5.55. The monoisotopic (exact) mass is 320 g/mol. The molecule has 0 unspecified atom stereocenters. The van der Waals surface area contributed by atoms with E-state index in [9.17, 15) is 4.39 Å². The Balaban J connectivity index is 1.74. The molecule has 1 aromatic rings. The maximum atomic E-state index is 14.0. The van der Waals surface area contributed by atoms with Crippen LogP contribution in [-0.2, 0) is 0 Å². The molecule has 1 nitrogen and oxygen atoms in total. The first-order valence-electron chi connectivity index (χ1n) is 9.66. The first-order valence-corrected chi connectivity index (χ1v) is 9.66. The standard InChI is InChI=1S/C21H33FO/c1-3-5-6-7-8-9-17-10-12-18(13-11-17)19-14-15-21(23-4-2)20(22)16-19/h14-18H,3-13H2,1-2H3. The Morgan fingerprint density at radius 3 is 2.39 bits per heavy atom. The van der Waals surface area contributed by atoms with Crippen molar-refractivity contribution < 1.29 is 9.13 Å². The number of unbranched alkanes of at least 4 members (excludes halogenated alkanes) is 4. The summed E-state index contributed by atoms with van der Waals surface area (Å²) in [7, 11) is 0. The second-order valence-electron chi connectivity index (χ2n) is 7.04. The second kappa shape index (κ2) is 9.95. The van der Waals surface area contributed by atoms with E-state index in [1.54, 1.807) is 12.1 Å². The number of hydrogen-bond donors (Lipinski definition) is 0. The van der Waals surface area contributed by atoms with E-state index in [1.807, 2.05) is 6.92 Å². The summed E-state index contributed by atoms with van der Waals surface area (Å²) < 4.78 is 19.3. The van der Waals surface area contributed by atoms with Crippen LogP contribution >= 0.6 is 0 Å². The average Bonchev–Trinajstić information content (AvgIpc) is 2.57. The zero-order valence-electron chi connectivity index (χ0n) is 15.0. The fourth-order valence-corrected chi connectivity index (χ4v) is 3.86. The van der Waals surface area contributed by atoms with E-state index in [-0.39, 0.29) is 5.82 Å². The molecule has 0 N–H and O–H groups in total. The van der Waals surface area contributed by atoms with E-state index in [0.717, 1.165) is 11.5 Å². The van der Waals surface area contributed by atoms with Gasteiger partial charge in [-0.25, -0.2) is 4.39 Å². The zero-order chi connectivity index (χ0) is 16.5. The molecular weight excluding hydrogens is 287 g/mol. The van der Waals surface area contributed by atoms with E-state index in [2.05, 4.69) is 13.0 Å². The minimum absolute atomic E-state index is 0.206. The molecule has 23 heavy (non-hydrogen) atoms. The van der Waals surface area contributed by atoms with Gasteiger partial charge in [-0.1, -0.05) is 51.5 Å². The SMILES string of the molecule is CCCCCCCC1CCC(c2ccc(OCC)c(F)c2)CC1. The molecule has 130 valence electrons. The maximum Gasteiger partial charge on any atom is 0.165 e. The molecule has 1 saturated carbocycles. The summed E-state index contributed by atoms with van der Waals surface area (Å²) in [4.78, 5) is 0. The molecule has 1 aliphatic rings. The number of benzene rings is 1. The third kappa shape index (κ3) is 5.82. The summed E-state index contributed by atoms with van der Waals surface area (Å²) in [6.07, 6.45) is 13.4. The lowest BCUT2D eigenvalue weighted by molar-refractivity contribution is 0.300. The van der Waals surface area contributed by atoms with Gasteiger partial charge in [0.2, 0.25) is 0 Å². The fraction of sp³-hybridized carbons (Fsp3) is 0.714. The van der Waals surface area contributed by atoms with E-state index in [0.29, 0.717) is 18.3 Å². The Labute approximate surface area is 141 Å². The normalized spacial score (nSPS) is 21.3. The van der Waals surface area contributed by atoms with E-state index < -0.39 is 0 Å². The van der Waals surface area contributed by atoms with Crippen molar-refractivity contribution in [2.45, 2.75) is 84.0 Å². The largest absolute Gasteiger partial charge is 0.491 e. The van der Waals surface area contributed by atoms with E-state index in [4.69, 9.17) is 4.74 Å². The van der Waals surface area contributed by atoms with Gasteiger partial charge in [0.1, 0.15) is 0 Å². The van der Waals surface area contributed by atoms with Crippen LogP contribution in [-0.4, -0.2) is 6.61 Å². The van der Waals surface area contributed by atoms with Crippen LogP contribution in [0.1, 0.15) is 89.5 Å². The molecule has 0 spiro atoms. The molecule has 0 bridgehead atoms. The van der Waals surface area contributed by atoms with Crippen molar-refractivity contribution in [2.75, 3.05) is 6.61 Å². The van der Waals surface area contributed by atoms with Gasteiger partial charge in [0.05, 0.1) is 6.61 Å². The quantitative estimate of drug-likeness (QED) is 0.452. The average molecular weight is 320 g/mol. The van der Waals surface area contributed by atoms with Crippen molar-refractivity contribution in [3.05, 3.63) is 29.6 Å². The highest BCUT2D eigenvalue weighted by Gasteiger charge is 2.22. The Kier molecular flexibility index (Phi) is 7.91. The summed E-state index contributed by atoms with van der Waals surface area (Å²) >= 11 is 0. The summed E-state index contributed by atoms with van der Waals surface area (Å²) in [6.45, 7) is 4.67. The number of hydrogen-bond acceptors (Lipinski definition) is 1. The molecule has 1 fully saturated rings. The van der Waals surface area contributed by atoms with Gasteiger partial charge in [-0.3, -0.25) is 0 Å². The number of rotatable bonds is 9. The van der Waals surface area contributed by atoms with Crippen molar-refractivity contribution in [2.24, 2.45) is 5.92 Å². The van der Waals surface area contributed by atoms with Crippen LogP contribution in [0, 0.1) is 11.7 Å². The minimum atomic E-state index is -0.206. The Morgan fingerprint density at radius 2 is 1.74 bits per heavy atom. The van der Waals surface area contributed by atoms with Crippen LogP contribution in [0.5, 0.6) is 5.75 Å². The lowest BCUT2D eigenvalue weighted by Crippen LogP contribution is -2.13. The first kappa shape index (κ1) is 18.3. The topological polar surface area (TPSA) is 9.23 Å². The Morgan fingerprint density at radius 1 is 1.00 bits per heavy atom. The molecule has 0 amide bonds. The fourth-order valence-electron chi connectivity index (χ4n) is 3.86. The van der Waals surface area contributed by atoms with Crippen LogP contribution in [0.2, 0.25) is 0 Å². The van der Waals surface area contributed by atoms with Gasteiger partial charge in [0, 0.05) is 0 Å². The van der Waals surface area contributed by atoms with E-state index in [1.165, 1.54) is 64.2 Å². The summed E-state index contributed by atoms with van der Waals surface area (Å²) in [5.41, 5.74) is 1.16. The Hall–Kier alpha value is -1.05. The smallest absolute Gasteiger partial charge is 0.165 e. The van der Waals surface area contributed by atoms with Crippen LogP contribution in [0.15, 0.2) is 18.2 Å². The molecule has 0 atom stereocenters. The molecule has 0 heterocycles. The third-order valence-electron chi connectivity index (χ3n) is 5.29. The van der Waals surface area contributed by atoms with Crippen molar-refractivity contribution >= 4 is 0 Å². The molecule has 0 aromatic heterocycles. The molecule has 1 aromatic carbocycles. The van der Waals surface area contributed by atoms with E-state index >= 15 is 0 Å². The molecule has 2 rings (SSSR count). The molecule has 0 saturated heterocycles. The van der Waals surface area contributed by atoms with Crippen LogP contribution in [0.25, 0.3) is 0 Å². The van der Waals surface area contributed by atoms with Gasteiger partial charge >= 0.3 is 0 Å². The summed E-state index contributed by atoms with van der Waals surface area (Å²) in [5.74, 6) is 1.62. The molecule has 0 aliphatic heterocycles. The molecule has 1 aliphatic carbocycles. The van der Waals surface area contributed by atoms with Crippen LogP contribution < -0.4 is 4.74 Å². The molecular formula is C21H33FO. The molecule has 0 radical (unpaired) electrons.